The minimum atomic E-state index is -4.58. The minimum Gasteiger partial charge on any atom is -0.309 e. The highest BCUT2D eigenvalue weighted by atomic mass is 19.4. The maximum atomic E-state index is 13.5. The first-order chi connectivity index (χ1) is 15.2. The summed E-state index contributed by atoms with van der Waals surface area (Å²) in [5, 5.41) is 20.0. The number of hydrogen-bond acceptors (Lipinski definition) is 6. The lowest BCUT2D eigenvalue weighted by atomic mass is 9.97. The van der Waals surface area contributed by atoms with Crippen LogP contribution in [-0.4, -0.2) is 50.9 Å². The molecule has 2 heterocycles. The topological polar surface area (TPSA) is 89.5 Å². The molecule has 3 aromatic rings. The van der Waals surface area contributed by atoms with Gasteiger partial charge in [0, 0.05) is 24.6 Å². The van der Waals surface area contributed by atoms with Gasteiger partial charge >= 0.3 is 6.18 Å². The van der Waals surface area contributed by atoms with Gasteiger partial charge < -0.3 is 4.90 Å². The largest absolute Gasteiger partial charge is 0.416 e. The molecule has 0 atom stereocenters. The molecule has 0 N–H and O–H groups in total. The van der Waals surface area contributed by atoms with Crippen LogP contribution in [0.1, 0.15) is 28.3 Å². The molecule has 0 saturated carbocycles. The van der Waals surface area contributed by atoms with E-state index < -0.39 is 16.7 Å². The number of aliphatic imine (C=N–C) groups is 1. The third-order valence-electron chi connectivity index (χ3n) is 5.13. The number of nitrogens with zero attached hydrogens (tertiary/aromatic N) is 6. The molecule has 0 radical (unpaired) electrons. The van der Waals surface area contributed by atoms with Gasteiger partial charge in [0.2, 0.25) is 0 Å². The highest BCUT2D eigenvalue weighted by Crippen LogP contribution is 2.35. The second-order valence-corrected chi connectivity index (χ2v) is 7.59. The van der Waals surface area contributed by atoms with Crippen molar-refractivity contribution in [2.24, 2.45) is 4.99 Å². The second-order valence-electron chi connectivity index (χ2n) is 7.59. The first-order valence-corrected chi connectivity index (χ1v) is 9.75. The summed E-state index contributed by atoms with van der Waals surface area (Å²) >= 11 is 0. The number of fused-ring (bicyclic) bond motifs is 3. The van der Waals surface area contributed by atoms with Gasteiger partial charge in [-0.25, -0.2) is 0 Å². The van der Waals surface area contributed by atoms with E-state index in [9.17, 15) is 23.3 Å². The first-order valence-electron chi connectivity index (χ1n) is 9.75. The molecule has 0 amide bonds. The number of para-hydroxylation sites is 1. The number of nitro groups is 1. The average molecular weight is 444 g/mol. The molecule has 32 heavy (non-hydrogen) atoms. The number of nitro benzene ring substituents is 1. The monoisotopic (exact) mass is 444 g/mol. The van der Waals surface area contributed by atoms with E-state index in [-0.39, 0.29) is 29.1 Å². The summed E-state index contributed by atoms with van der Waals surface area (Å²) in [5.74, 6) is 1.03. The van der Waals surface area contributed by atoms with Crippen molar-refractivity contribution in [2.45, 2.75) is 19.1 Å². The molecule has 1 aliphatic rings. The van der Waals surface area contributed by atoms with Crippen LogP contribution >= 0.6 is 0 Å². The van der Waals surface area contributed by atoms with Crippen LogP contribution < -0.4 is 0 Å². The van der Waals surface area contributed by atoms with Gasteiger partial charge in [0.25, 0.3) is 5.69 Å². The Hall–Kier alpha value is -3.60. The number of likely N-dealkylation sites (N-methyl/N-ethyl adjacent to an activating group) is 1. The number of halogens is 3. The van der Waals surface area contributed by atoms with Crippen molar-refractivity contribution in [3.63, 3.8) is 0 Å². The predicted octanol–water partition coefficient (Wildman–Crippen LogP) is 3.65. The molecular formula is C21H19F3N6O2. The molecule has 1 aliphatic heterocycles. The summed E-state index contributed by atoms with van der Waals surface area (Å²) in [6.45, 7) is 0.679. The van der Waals surface area contributed by atoms with Gasteiger partial charge in [-0.15, -0.1) is 10.2 Å². The van der Waals surface area contributed by atoms with E-state index >= 15 is 0 Å². The molecule has 8 nitrogen and oxygen atoms in total. The molecule has 11 heteroatoms. The molecular weight excluding hydrogens is 425 g/mol. The summed E-state index contributed by atoms with van der Waals surface area (Å²) in [7, 11) is 3.80. The zero-order valence-electron chi connectivity index (χ0n) is 17.3. The fourth-order valence-electron chi connectivity index (χ4n) is 3.61. The summed E-state index contributed by atoms with van der Waals surface area (Å²) in [5.41, 5.74) is -0.303. The molecule has 0 fully saturated rings. The SMILES string of the molecule is CN(C)CCc1nnc2n1-c1ccc(C(F)(F)F)cc1C(c1ccccc1[N+](=O)[O-])=NC2. The standard InChI is InChI=1S/C21H19F3N6O2/c1-28(2)10-9-18-26-27-19-12-25-20(14-5-3-4-6-17(14)30(31)32)15-11-13(21(22,23)24)7-8-16(15)29(18)19/h3-8,11H,9-10,12H2,1-2H3. The van der Waals surface area contributed by atoms with Crippen LogP contribution in [0.5, 0.6) is 0 Å². The summed E-state index contributed by atoms with van der Waals surface area (Å²) in [6, 6.07) is 9.20. The van der Waals surface area contributed by atoms with Crippen molar-refractivity contribution in [1.82, 2.24) is 19.7 Å². The number of rotatable bonds is 5. The third-order valence-corrected chi connectivity index (χ3v) is 5.13. The Balaban J connectivity index is 1.96. The van der Waals surface area contributed by atoms with Crippen LogP contribution in [0.2, 0.25) is 0 Å². The van der Waals surface area contributed by atoms with Gasteiger partial charge in [-0.05, 0) is 38.4 Å². The first kappa shape index (κ1) is 21.6. The Morgan fingerprint density at radius 1 is 1.12 bits per heavy atom. The fraction of sp³-hybridized carbons (Fsp3) is 0.286. The molecule has 0 spiro atoms. The quantitative estimate of drug-likeness (QED) is 0.443. The van der Waals surface area contributed by atoms with Crippen molar-refractivity contribution >= 4 is 11.4 Å². The molecule has 2 aromatic carbocycles. The summed E-state index contributed by atoms with van der Waals surface area (Å²) in [6.07, 6.45) is -4.07. The van der Waals surface area contributed by atoms with E-state index in [1.807, 2.05) is 19.0 Å². The van der Waals surface area contributed by atoms with Crippen molar-refractivity contribution in [2.75, 3.05) is 20.6 Å². The van der Waals surface area contributed by atoms with E-state index in [1.54, 1.807) is 10.6 Å². The van der Waals surface area contributed by atoms with Crippen LogP contribution in [-0.2, 0) is 19.1 Å². The molecule has 1 aromatic heterocycles. The molecule has 0 bridgehead atoms. The van der Waals surface area contributed by atoms with Crippen LogP contribution in [0.4, 0.5) is 18.9 Å². The van der Waals surface area contributed by atoms with Gasteiger partial charge in [0.15, 0.2) is 5.82 Å². The highest BCUT2D eigenvalue weighted by Gasteiger charge is 2.34. The van der Waals surface area contributed by atoms with Crippen LogP contribution in [0.15, 0.2) is 47.5 Å². The lowest BCUT2D eigenvalue weighted by molar-refractivity contribution is -0.385. The van der Waals surface area contributed by atoms with Crippen LogP contribution in [0.25, 0.3) is 5.69 Å². The molecule has 0 saturated heterocycles. The van der Waals surface area contributed by atoms with Gasteiger partial charge in [0.1, 0.15) is 12.4 Å². The van der Waals surface area contributed by atoms with E-state index in [0.717, 1.165) is 12.1 Å². The maximum Gasteiger partial charge on any atom is 0.416 e. The molecule has 4 rings (SSSR count). The normalized spacial score (nSPS) is 13.4. The van der Waals surface area contributed by atoms with Crippen molar-refractivity contribution < 1.29 is 18.1 Å². The van der Waals surface area contributed by atoms with Crippen LogP contribution in [0.3, 0.4) is 0 Å². The molecule has 0 unspecified atom stereocenters. The number of hydrogen-bond donors (Lipinski definition) is 0. The Morgan fingerprint density at radius 2 is 1.88 bits per heavy atom. The second kappa shape index (κ2) is 8.15. The maximum absolute atomic E-state index is 13.5. The summed E-state index contributed by atoms with van der Waals surface area (Å²) < 4.78 is 42.3. The van der Waals surface area contributed by atoms with Crippen molar-refractivity contribution in [3.8, 4) is 5.69 Å². The van der Waals surface area contributed by atoms with Crippen LogP contribution in [0, 0.1) is 10.1 Å². The predicted molar refractivity (Wildman–Crippen MR) is 111 cm³/mol. The van der Waals surface area contributed by atoms with Gasteiger partial charge in [-0.1, -0.05) is 12.1 Å². The van der Waals surface area contributed by atoms with Gasteiger partial charge in [-0.3, -0.25) is 19.7 Å². The summed E-state index contributed by atoms with van der Waals surface area (Å²) in [4.78, 5) is 17.4. The van der Waals surface area contributed by atoms with Crippen molar-refractivity contribution in [1.29, 1.82) is 0 Å². The zero-order chi connectivity index (χ0) is 23.0. The smallest absolute Gasteiger partial charge is 0.309 e. The lowest BCUT2D eigenvalue weighted by Crippen LogP contribution is -2.18. The van der Waals surface area contributed by atoms with Crippen molar-refractivity contribution in [3.05, 3.63) is 80.9 Å². The van der Waals surface area contributed by atoms with Gasteiger partial charge in [-0.2, -0.15) is 13.2 Å². The number of aromatic nitrogens is 3. The van der Waals surface area contributed by atoms with E-state index in [4.69, 9.17) is 0 Å². The van der Waals surface area contributed by atoms with E-state index in [0.29, 0.717) is 30.3 Å². The Morgan fingerprint density at radius 3 is 2.56 bits per heavy atom. The van der Waals surface area contributed by atoms with E-state index in [2.05, 4.69) is 15.2 Å². The average Bonchev–Trinajstić information content (AvgIpc) is 3.07. The Labute approximate surface area is 181 Å². The lowest BCUT2D eigenvalue weighted by Gasteiger charge is -2.17. The number of benzene rings is 2. The molecule has 166 valence electrons. The minimum absolute atomic E-state index is 0.0202. The Bertz CT molecular complexity index is 1220. The zero-order valence-corrected chi connectivity index (χ0v) is 17.3. The number of alkyl halides is 3. The molecule has 0 aliphatic carbocycles. The Kier molecular flexibility index (Phi) is 5.51. The highest BCUT2D eigenvalue weighted by molar-refractivity contribution is 6.17. The van der Waals surface area contributed by atoms with E-state index in [1.165, 1.54) is 24.3 Å². The van der Waals surface area contributed by atoms with Gasteiger partial charge in [0.05, 0.1) is 27.4 Å². The third kappa shape index (κ3) is 3.98. The fourth-order valence-corrected chi connectivity index (χ4v) is 3.61.